The second kappa shape index (κ2) is 32.0. The minimum atomic E-state index is 0.0575. The molecule has 0 aromatic rings. The average molecular weight is 552 g/mol. The summed E-state index contributed by atoms with van der Waals surface area (Å²) in [5.41, 5.74) is 0. The van der Waals surface area contributed by atoms with E-state index in [1.807, 2.05) is 0 Å². The van der Waals surface area contributed by atoms with Crippen molar-refractivity contribution in [3.63, 3.8) is 0 Å². The first-order valence-corrected chi connectivity index (χ1v) is 18.0. The molecule has 0 fully saturated rings. The fourth-order valence-electron chi connectivity index (χ4n) is 5.62. The maximum atomic E-state index is 12.6. The lowest BCUT2D eigenvalue weighted by atomic mass is 10.0. The summed E-state index contributed by atoms with van der Waals surface area (Å²) in [7, 11) is 2.28. The van der Waals surface area contributed by atoms with Crippen LogP contribution < -0.4 is 0 Å². The molecule has 0 aliphatic heterocycles. The predicted molar refractivity (Wildman–Crippen MR) is 174 cm³/mol. The van der Waals surface area contributed by atoms with Crippen molar-refractivity contribution in [1.82, 2.24) is 4.90 Å². The van der Waals surface area contributed by atoms with Crippen molar-refractivity contribution in [2.75, 3.05) is 20.1 Å². The summed E-state index contributed by atoms with van der Waals surface area (Å²) in [6.45, 7) is 9.30. The number of hydrogen-bond acceptors (Lipinski definition) is 3. The van der Waals surface area contributed by atoms with Crippen LogP contribution in [0, 0.1) is 0 Å². The van der Waals surface area contributed by atoms with Crippen LogP contribution in [0.15, 0.2) is 0 Å². The van der Waals surface area contributed by atoms with Crippen LogP contribution in [0.25, 0.3) is 0 Å². The van der Waals surface area contributed by atoms with E-state index < -0.39 is 0 Å². The zero-order valence-electron chi connectivity index (χ0n) is 27.6. The van der Waals surface area contributed by atoms with Gasteiger partial charge in [-0.2, -0.15) is 0 Å². The van der Waals surface area contributed by atoms with E-state index in [9.17, 15) is 4.79 Å². The Morgan fingerprint density at radius 3 is 1.23 bits per heavy atom. The maximum Gasteiger partial charge on any atom is 0.306 e. The topological polar surface area (TPSA) is 29.5 Å². The van der Waals surface area contributed by atoms with Gasteiger partial charge in [0.2, 0.25) is 0 Å². The van der Waals surface area contributed by atoms with Crippen LogP contribution in [0.1, 0.15) is 201 Å². The van der Waals surface area contributed by atoms with Crippen LogP contribution in [-0.2, 0) is 9.53 Å². The van der Waals surface area contributed by atoms with Crippen LogP contribution in [0.4, 0.5) is 0 Å². The Balaban J connectivity index is 3.85. The van der Waals surface area contributed by atoms with E-state index in [0.717, 1.165) is 25.7 Å². The first-order chi connectivity index (χ1) is 19.1. The molecule has 0 saturated heterocycles. The van der Waals surface area contributed by atoms with E-state index in [2.05, 4.69) is 32.7 Å². The van der Waals surface area contributed by atoms with Gasteiger partial charge in [-0.1, -0.05) is 149 Å². The van der Waals surface area contributed by atoms with Crippen molar-refractivity contribution >= 4 is 5.97 Å². The Morgan fingerprint density at radius 1 is 0.487 bits per heavy atom. The third kappa shape index (κ3) is 30.2. The van der Waals surface area contributed by atoms with E-state index in [0.29, 0.717) is 6.42 Å². The smallest absolute Gasteiger partial charge is 0.306 e. The fraction of sp³-hybridized carbons (Fsp3) is 0.972. The summed E-state index contributed by atoms with van der Waals surface area (Å²) in [6.07, 6.45) is 35.8. The Morgan fingerprint density at radius 2 is 0.821 bits per heavy atom. The molecule has 0 aliphatic carbocycles. The number of carbonyl (C=O) groups excluding carboxylic acids is 1. The molecule has 0 saturated carbocycles. The molecule has 0 aliphatic rings. The highest BCUT2D eigenvalue weighted by molar-refractivity contribution is 5.69. The molecule has 0 bridgehead atoms. The maximum absolute atomic E-state index is 12.6. The molecule has 0 amide bonds. The summed E-state index contributed by atoms with van der Waals surface area (Å²) in [5, 5.41) is 0. The Hall–Kier alpha value is -0.570. The Labute approximate surface area is 247 Å². The average Bonchev–Trinajstić information content (AvgIpc) is 2.93. The summed E-state index contributed by atoms with van der Waals surface area (Å²) < 4.78 is 6.00. The van der Waals surface area contributed by atoms with Gasteiger partial charge in [0.15, 0.2) is 0 Å². The third-order valence-corrected chi connectivity index (χ3v) is 8.37. The number of nitrogens with zero attached hydrogens (tertiary/aromatic N) is 1. The van der Waals surface area contributed by atoms with Crippen LogP contribution in [0.2, 0.25) is 0 Å². The van der Waals surface area contributed by atoms with Gasteiger partial charge >= 0.3 is 5.97 Å². The zero-order valence-corrected chi connectivity index (χ0v) is 27.6. The summed E-state index contributed by atoms with van der Waals surface area (Å²) in [4.78, 5) is 15.1. The Kier molecular flexibility index (Phi) is 31.5. The van der Waals surface area contributed by atoms with Gasteiger partial charge in [0.1, 0.15) is 6.10 Å². The summed E-state index contributed by atoms with van der Waals surface area (Å²) in [6, 6.07) is 0. The molecular formula is C36H73NO2. The normalized spacial score (nSPS) is 11.6. The van der Waals surface area contributed by atoms with E-state index in [-0.39, 0.29) is 12.1 Å². The number of ether oxygens (including phenoxy) is 1. The summed E-state index contributed by atoms with van der Waals surface area (Å²) >= 11 is 0. The molecule has 0 N–H and O–H groups in total. The lowest BCUT2D eigenvalue weighted by Gasteiger charge is -2.18. The van der Waals surface area contributed by atoms with Crippen molar-refractivity contribution in [2.45, 2.75) is 207 Å². The molecule has 0 unspecified atom stereocenters. The SMILES string of the molecule is CCCCCCCCCCN(C)CCCCCCCC(=O)OC(CCCCCCCC)CCCCCCCC. The van der Waals surface area contributed by atoms with Crippen molar-refractivity contribution in [3.8, 4) is 0 Å². The van der Waals surface area contributed by atoms with Crippen LogP contribution in [-0.4, -0.2) is 37.1 Å². The van der Waals surface area contributed by atoms with Gasteiger partial charge in [-0.15, -0.1) is 0 Å². The number of carbonyl (C=O) groups is 1. The molecule has 0 rings (SSSR count). The second-order valence-electron chi connectivity index (χ2n) is 12.5. The molecule has 39 heavy (non-hydrogen) atoms. The van der Waals surface area contributed by atoms with E-state index >= 15 is 0 Å². The monoisotopic (exact) mass is 552 g/mol. The van der Waals surface area contributed by atoms with Gasteiger partial charge < -0.3 is 9.64 Å². The first kappa shape index (κ1) is 38.4. The van der Waals surface area contributed by atoms with Gasteiger partial charge in [0.25, 0.3) is 0 Å². The molecule has 0 spiro atoms. The van der Waals surface area contributed by atoms with Gasteiger partial charge in [-0.05, 0) is 65.1 Å². The van der Waals surface area contributed by atoms with Crippen molar-refractivity contribution in [2.24, 2.45) is 0 Å². The van der Waals surface area contributed by atoms with E-state index in [4.69, 9.17) is 4.74 Å². The second-order valence-corrected chi connectivity index (χ2v) is 12.5. The quantitative estimate of drug-likeness (QED) is 0.0615. The fourth-order valence-corrected chi connectivity index (χ4v) is 5.62. The van der Waals surface area contributed by atoms with Crippen LogP contribution >= 0.6 is 0 Å². The van der Waals surface area contributed by atoms with Crippen LogP contribution in [0.3, 0.4) is 0 Å². The first-order valence-electron chi connectivity index (χ1n) is 18.0. The van der Waals surface area contributed by atoms with Gasteiger partial charge in [-0.3, -0.25) is 4.79 Å². The molecular weight excluding hydrogens is 478 g/mol. The largest absolute Gasteiger partial charge is 0.462 e. The lowest BCUT2D eigenvalue weighted by molar-refractivity contribution is -0.150. The molecule has 3 nitrogen and oxygen atoms in total. The summed E-state index contributed by atoms with van der Waals surface area (Å²) in [5.74, 6) is 0.0575. The van der Waals surface area contributed by atoms with Crippen molar-refractivity contribution < 1.29 is 9.53 Å². The molecule has 0 heterocycles. The van der Waals surface area contributed by atoms with Gasteiger partial charge in [0.05, 0.1) is 0 Å². The standard InChI is InChI=1S/C36H73NO2/c1-5-8-11-14-17-18-23-28-33-37(4)34-29-24-19-22-27-32-36(38)39-35(30-25-20-15-12-9-6-2)31-26-21-16-13-10-7-3/h35H,5-34H2,1-4H3. The lowest BCUT2D eigenvalue weighted by Crippen LogP contribution is -2.20. The molecule has 234 valence electrons. The third-order valence-electron chi connectivity index (χ3n) is 8.37. The van der Waals surface area contributed by atoms with Gasteiger partial charge in [0, 0.05) is 6.42 Å². The van der Waals surface area contributed by atoms with E-state index in [1.165, 1.54) is 161 Å². The zero-order chi connectivity index (χ0) is 28.7. The highest BCUT2D eigenvalue weighted by Gasteiger charge is 2.14. The number of hydrogen-bond donors (Lipinski definition) is 0. The van der Waals surface area contributed by atoms with Crippen molar-refractivity contribution in [3.05, 3.63) is 0 Å². The molecule has 0 aromatic carbocycles. The molecule has 0 radical (unpaired) electrons. The minimum Gasteiger partial charge on any atom is -0.462 e. The number of esters is 1. The number of unbranched alkanes of at least 4 members (excludes halogenated alkanes) is 21. The molecule has 3 heteroatoms. The van der Waals surface area contributed by atoms with Crippen LogP contribution in [0.5, 0.6) is 0 Å². The minimum absolute atomic E-state index is 0.0575. The highest BCUT2D eigenvalue weighted by atomic mass is 16.5. The van der Waals surface area contributed by atoms with Crippen molar-refractivity contribution in [1.29, 1.82) is 0 Å². The Bertz CT molecular complexity index is 465. The molecule has 0 atom stereocenters. The molecule has 0 aromatic heterocycles. The van der Waals surface area contributed by atoms with E-state index in [1.54, 1.807) is 0 Å². The van der Waals surface area contributed by atoms with Gasteiger partial charge in [-0.25, -0.2) is 0 Å². The highest BCUT2D eigenvalue weighted by Crippen LogP contribution is 2.18. The predicted octanol–water partition coefficient (Wildman–Crippen LogP) is 11.8. The number of rotatable bonds is 32.